The molecule has 3 aromatic rings. The third-order valence-corrected chi connectivity index (χ3v) is 4.74. The molecule has 0 atom stereocenters. The maximum absolute atomic E-state index is 12.3. The molecule has 152 valence electrons. The summed E-state index contributed by atoms with van der Waals surface area (Å²) in [5.41, 5.74) is 1.30. The zero-order chi connectivity index (χ0) is 20.9. The van der Waals surface area contributed by atoms with E-state index in [1.807, 2.05) is 25.1 Å². The molecule has 2 aromatic carbocycles. The molecule has 0 bridgehead atoms. The second-order valence-corrected chi connectivity index (χ2v) is 6.77. The minimum absolute atomic E-state index is 0.144. The number of nitrogens with one attached hydrogen (secondary N) is 1. The number of para-hydroxylation sites is 1. The highest BCUT2D eigenvalue weighted by molar-refractivity contribution is 7.99. The summed E-state index contributed by atoms with van der Waals surface area (Å²) in [6, 6.07) is 14.5. The van der Waals surface area contributed by atoms with Crippen LogP contribution in [0, 0.1) is 0 Å². The predicted molar refractivity (Wildman–Crippen MR) is 104 cm³/mol. The second-order valence-electron chi connectivity index (χ2n) is 5.83. The lowest BCUT2D eigenvalue weighted by Crippen LogP contribution is -2.17. The second kappa shape index (κ2) is 8.99. The van der Waals surface area contributed by atoms with E-state index in [2.05, 4.69) is 20.3 Å². The number of rotatable bonds is 7. The molecule has 29 heavy (non-hydrogen) atoms. The summed E-state index contributed by atoms with van der Waals surface area (Å²) in [5.74, 6) is 0.154. The Morgan fingerprint density at radius 2 is 1.79 bits per heavy atom. The molecule has 6 nitrogen and oxygen atoms in total. The quantitative estimate of drug-likeness (QED) is 0.564. The average Bonchev–Trinajstić information content (AvgIpc) is 3.09. The highest BCUT2D eigenvalue weighted by Gasteiger charge is 2.31. The maximum Gasteiger partial charge on any atom is 0.573 e. The molecule has 0 fully saturated rings. The highest BCUT2D eigenvalue weighted by atomic mass is 32.2. The first-order valence-electron chi connectivity index (χ1n) is 8.63. The van der Waals surface area contributed by atoms with Gasteiger partial charge in [-0.2, -0.15) is 0 Å². The van der Waals surface area contributed by atoms with E-state index in [-0.39, 0.29) is 17.4 Å². The van der Waals surface area contributed by atoms with E-state index in [0.29, 0.717) is 28.8 Å². The number of nitrogens with zero attached hydrogens (tertiary/aromatic N) is 3. The number of aromatic nitrogens is 3. The van der Waals surface area contributed by atoms with Crippen molar-refractivity contribution in [3.8, 4) is 17.1 Å². The molecule has 0 aliphatic rings. The van der Waals surface area contributed by atoms with Crippen LogP contribution in [0.25, 0.3) is 11.4 Å². The minimum atomic E-state index is -4.74. The molecule has 0 aliphatic carbocycles. The van der Waals surface area contributed by atoms with Crippen LogP contribution in [-0.2, 0) is 11.3 Å². The van der Waals surface area contributed by atoms with Crippen LogP contribution in [0.2, 0.25) is 0 Å². The number of anilines is 1. The smallest absolute Gasteiger partial charge is 0.406 e. The Balaban J connectivity index is 1.67. The van der Waals surface area contributed by atoms with Crippen molar-refractivity contribution >= 4 is 23.4 Å². The van der Waals surface area contributed by atoms with Crippen LogP contribution < -0.4 is 10.1 Å². The van der Waals surface area contributed by atoms with Gasteiger partial charge in [-0.1, -0.05) is 30.0 Å². The lowest BCUT2D eigenvalue weighted by atomic mass is 10.2. The summed E-state index contributed by atoms with van der Waals surface area (Å²) >= 11 is 1.23. The van der Waals surface area contributed by atoms with Crippen LogP contribution in [0.4, 0.5) is 18.9 Å². The Kier molecular flexibility index (Phi) is 6.42. The summed E-state index contributed by atoms with van der Waals surface area (Å²) in [6.45, 7) is 2.42. The molecule has 0 spiro atoms. The molecule has 10 heteroatoms. The maximum atomic E-state index is 12.3. The van der Waals surface area contributed by atoms with Crippen molar-refractivity contribution in [3.05, 3.63) is 54.6 Å². The van der Waals surface area contributed by atoms with Crippen molar-refractivity contribution in [2.24, 2.45) is 0 Å². The van der Waals surface area contributed by atoms with E-state index in [4.69, 9.17) is 0 Å². The van der Waals surface area contributed by atoms with E-state index in [1.165, 1.54) is 36.0 Å². The molecule has 1 aromatic heterocycles. The highest BCUT2D eigenvalue weighted by Crippen LogP contribution is 2.28. The van der Waals surface area contributed by atoms with Gasteiger partial charge in [0.1, 0.15) is 5.75 Å². The zero-order valence-electron chi connectivity index (χ0n) is 15.3. The van der Waals surface area contributed by atoms with Crippen molar-refractivity contribution < 1.29 is 22.7 Å². The third kappa shape index (κ3) is 5.74. The Bertz CT molecular complexity index is 960. The van der Waals surface area contributed by atoms with Crippen LogP contribution in [0.15, 0.2) is 59.8 Å². The van der Waals surface area contributed by atoms with Crippen LogP contribution in [0.1, 0.15) is 6.92 Å². The lowest BCUT2D eigenvalue weighted by Gasteiger charge is -2.10. The molecule has 0 saturated heterocycles. The monoisotopic (exact) mass is 422 g/mol. The normalized spacial score (nSPS) is 11.3. The number of halogens is 3. The van der Waals surface area contributed by atoms with Crippen LogP contribution in [0.5, 0.6) is 5.75 Å². The number of hydrogen-bond acceptors (Lipinski definition) is 5. The van der Waals surface area contributed by atoms with Crippen molar-refractivity contribution in [2.75, 3.05) is 11.1 Å². The van der Waals surface area contributed by atoms with E-state index in [0.717, 1.165) is 0 Å². The molecule has 3 rings (SSSR count). The van der Waals surface area contributed by atoms with Gasteiger partial charge in [-0.3, -0.25) is 4.79 Å². The van der Waals surface area contributed by atoms with Gasteiger partial charge in [0.2, 0.25) is 5.91 Å². The minimum Gasteiger partial charge on any atom is -0.406 e. The van der Waals surface area contributed by atoms with Gasteiger partial charge >= 0.3 is 6.36 Å². The number of thioether (sulfide) groups is 1. The molecule has 0 saturated carbocycles. The number of benzene rings is 2. The fraction of sp³-hybridized carbons (Fsp3) is 0.211. The largest absolute Gasteiger partial charge is 0.573 e. The number of carbonyl (C=O) groups excluding carboxylic acids is 1. The standard InChI is InChI=1S/C19H17F3N4O2S/c1-2-26-17(13-8-10-15(11-9-13)28-19(20,21)22)24-25-18(26)29-12-16(27)23-14-6-4-3-5-7-14/h3-11H,2,12H2,1H3,(H,23,27). The number of hydrogen-bond donors (Lipinski definition) is 1. The van der Waals surface area contributed by atoms with Crippen molar-refractivity contribution in [2.45, 2.75) is 25.0 Å². The van der Waals surface area contributed by atoms with Gasteiger partial charge in [-0.05, 0) is 43.3 Å². The SMILES string of the molecule is CCn1c(SCC(=O)Nc2ccccc2)nnc1-c1ccc(OC(F)(F)F)cc1. The van der Waals surface area contributed by atoms with Gasteiger partial charge in [-0.15, -0.1) is 23.4 Å². The Labute approximate surface area is 169 Å². The fourth-order valence-corrected chi connectivity index (χ4v) is 3.35. The van der Waals surface area contributed by atoms with Gasteiger partial charge < -0.3 is 14.6 Å². The van der Waals surface area contributed by atoms with E-state index < -0.39 is 6.36 Å². The molecule has 1 amide bonds. The predicted octanol–water partition coefficient (Wildman–Crippen LogP) is 4.59. The van der Waals surface area contributed by atoms with Gasteiger partial charge in [0.25, 0.3) is 0 Å². The average molecular weight is 422 g/mol. The Morgan fingerprint density at radius 3 is 2.41 bits per heavy atom. The summed E-state index contributed by atoms with van der Waals surface area (Å²) < 4.78 is 42.5. The number of amides is 1. The van der Waals surface area contributed by atoms with Gasteiger partial charge in [-0.25, -0.2) is 0 Å². The topological polar surface area (TPSA) is 69.0 Å². The lowest BCUT2D eigenvalue weighted by molar-refractivity contribution is -0.274. The summed E-state index contributed by atoms with van der Waals surface area (Å²) in [5, 5.41) is 11.6. The third-order valence-electron chi connectivity index (χ3n) is 3.77. The van der Waals surface area contributed by atoms with E-state index >= 15 is 0 Å². The Morgan fingerprint density at radius 1 is 1.10 bits per heavy atom. The summed E-state index contributed by atoms with van der Waals surface area (Å²) in [6.07, 6.45) is -4.74. The van der Waals surface area contributed by atoms with Crippen molar-refractivity contribution in [1.29, 1.82) is 0 Å². The molecule has 0 aliphatic heterocycles. The first kappa shape index (κ1) is 20.7. The van der Waals surface area contributed by atoms with Crippen LogP contribution in [0.3, 0.4) is 0 Å². The van der Waals surface area contributed by atoms with E-state index in [9.17, 15) is 18.0 Å². The molecular weight excluding hydrogens is 405 g/mol. The van der Waals surface area contributed by atoms with Crippen molar-refractivity contribution in [1.82, 2.24) is 14.8 Å². The summed E-state index contributed by atoms with van der Waals surface area (Å²) in [7, 11) is 0. The fourth-order valence-electron chi connectivity index (χ4n) is 2.55. The first-order chi connectivity index (χ1) is 13.9. The zero-order valence-corrected chi connectivity index (χ0v) is 16.1. The number of alkyl halides is 3. The molecule has 0 unspecified atom stereocenters. The van der Waals surface area contributed by atoms with Gasteiger partial charge in [0.05, 0.1) is 5.75 Å². The van der Waals surface area contributed by atoms with Crippen LogP contribution in [-0.4, -0.2) is 32.8 Å². The number of ether oxygens (including phenoxy) is 1. The first-order valence-corrected chi connectivity index (χ1v) is 9.61. The molecule has 1 N–H and O–H groups in total. The molecule has 1 heterocycles. The van der Waals surface area contributed by atoms with E-state index in [1.54, 1.807) is 16.7 Å². The number of carbonyl (C=O) groups is 1. The Hall–Kier alpha value is -3.01. The molecular formula is C19H17F3N4O2S. The van der Waals surface area contributed by atoms with Gasteiger partial charge in [0.15, 0.2) is 11.0 Å². The van der Waals surface area contributed by atoms with Crippen LogP contribution >= 0.6 is 11.8 Å². The van der Waals surface area contributed by atoms with Crippen molar-refractivity contribution in [3.63, 3.8) is 0 Å². The molecule has 0 radical (unpaired) electrons. The summed E-state index contributed by atoms with van der Waals surface area (Å²) in [4.78, 5) is 12.1. The van der Waals surface area contributed by atoms with Gasteiger partial charge in [0, 0.05) is 17.8 Å².